The highest BCUT2D eigenvalue weighted by Gasteiger charge is 2.18. The number of benzene rings is 1. The Kier molecular flexibility index (Phi) is 6.02. The summed E-state index contributed by atoms with van der Waals surface area (Å²) >= 11 is 0. The topological polar surface area (TPSA) is 69.6 Å². The summed E-state index contributed by atoms with van der Waals surface area (Å²) in [4.78, 5) is 23.9. The van der Waals surface area contributed by atoms with Crippen molar-refractivity contribution in [2.75, 3.05) is 20.1 Å². The quantitative estimate of drug-likeness (QED) is 0.762. The minimum Gasteiger partial charge on any atom is -0.480 e. The van der Waals surface area contributed by atoms with Gasteiger partial charge in [0.25, 0.3) is 0 Å². The second-order valence-electron chi connectivity index (χ2n) is 4.51. The highest BCUT2D eigenvalue weighted by molar-refractivity contribution is 5.79. The lowest BCUT2D eigenvalue weighted by atomic mass is 10.1. The Hall–Kier alpha value is -1.88. The first kappa shape index (κ1) is 15.2. The molecule has 0 aliphatic heterocycles. The zero-order chi connectivity index (χ0) is 14.3. The van der Waals surface area contributed by atoms with Gasteiger partial charge in [-0.15, -0.1) is 0 Å². The van der Waals surface area contributed by atoms with Gasteiger partial charge in [-0.1, -0.05) is 30.3 Å². The van der Waals surface area contributed by atoms with Gasteiger partial charge in [-0.05, 0) is 26.0 Å². The van der Waals surface area contributed by atoms with Crippen molar-refractivity contribution in [1.82, 2.24) is 10.2 Å². The molecule has 0 spiro atoms. The number of carboxylic acid groups (broad SMARTS) is 1. The molecule has 0 bridgehead atoms. The summed E-state index contributed by atoms with van der Waals surface area (Å²) in [5, 5.41) is 11.6. The molecule has 0 aromatic heterocycles. The predicted octanol–water partition coefficient (Wildman–Crippen LogP) is 0.750. The van der Waals surface area contributed by atoms with Gasteiger partial charge < -0.3 is 10.4 Å². The lowest BCUT2D eigenvalue weighted by molar-refractivity contribution is -0.142. The normalized spacial score (nSPS) is 12.2. The van der Waals surface area contributed by atoms with E-state index >= 15 is 0 Å². The van der Waals surface area contributed by atoms with Crippen LogP contribution in [0.15, 0.2) is 30.3 Å². The van der Waals surface area contributed by atoms with E-state index in [1.54, 1.807) is 14.0 Å². The molecule has 1 aromatic carbocycles. The SMILES string of the molecule is CC(C(=O)O)N(C)CC(=O)NCCc1ccccc1. The fourth-order valence-corrected chi connectivity index (χ4v) is 1.60. The van der Waals surface area contributed by atoms with Gasteiger partial charge in [0.2, 0.25) is 5.91 Å². The Bertz CT molecular complexity index is 420. The fourth-order valence-electron chi connectivity index (χ4n) is 1.60. The van der Waals surface area contributed by atoms with Gasteiger partial charge in [0, 0.05) is 6.54 Å². The van der Waals surface area contributed by atoms with Crippen LogP contribution in [0, 0.1) is 0 Å². The molecule has 5 heteroatoms. The maximum atomic E-state index is 11.6. The van der Waals surface area contributed by atoms with E-state index < -0.39 is 12.0 Å². The maximum Gasteiger partial charge on any atom is 0.320 e. The standard InChI is InChI=1S/C14H20N2O3/c1-11(14(18)19)16(2)10-13(17)15-9-8-12-6-4-3-5-7-12/h3-7,11H,8-10H2,1-2H3,(H,15,17)(H,18,19). The van der Waals surface area contributed by atoms with Crippen LogP contribution >= 0.6 is 0 Å². The molecule has 5 nitrogen and oxygen atoms in total. The molecule has 104 valence electrons. The Morgan fingerprint density at radius 3 is 2.53 bits per heavy atom. The average molecular weight is 264 g/mol. The van der Waals surface area contributed by atoms with E-state index in [0.717, 1.165) is 12.0 Å². The minimum absolute atomic E-state index is 0.0856. The first-order valence-electron chi connectivity index (χ1n) is 6.24. The van der Waals surface area contributed by atoms with E-state index in [0.29, 0.717) is 6.54 Å². The Labute approximate surface area is 113 Å². The number of rotatable bonds is 7. The molecule has 0 heterocycles. The highest BCUT2D eigenvalue weighted by Crippen LogP contribution is 1.98. The van der Waals surface area contributed by atoms with Crippen LogP contribution in [0.5, 0.6) is 0 Å². The number of hydrogen-bond acceptors (Lipinski definition) is 3. The van der Waals surface area contributed by atoms with Crippen molar-refractivity contribution >= 4 is 11.9 Å². The molecule has 19 heavy (non-hydrogen) atoms. The minimum atomic E-state index is -0.931. The molecule has 1 atom stereocenters. The first-order valence-corrected chi connectivity index (χ1v) is 6.24. The van der Waals surface area contributed by atoms with Gasteiger partial charge in [-0.25, -0.2) is 0 Å². The number of amides is 1. The third-order valence-electron chi connectivity index (χ3n) is 2.99. The van der Waals surface area contributed by atoms with Crippen LogP contribution in [-0.2, 0) is 16.0 Å². The number of nitrogens with zero attached hydrogens (tertiary/aromatic N) is 1. The molecular weight excluding hydrogens is 244 g/mol. The average Bonchev–Trinajstić information content (AvgIpc) is 2.38. The van der Waals surface area contributed by atoms with E-state index in [2.05, 4.69) is 5.32 Å². The molecule has 0 aliphatic carbocycles. The van der Waals surface area contributed by atoms with Crippen LogP contribution in [0.3, 0.4) is 0 Å². The lowest BCUT2D eigenvalue weighted by Gasteiger charge is -2.20. The molecule has 1 unspecified atom stereocenters. The van der Waals surface area contributed by atoms with E-state index in [1.165, 1.54) is 4.90 Å². The van der Waals surface area contributed by atoms with Crippen LogP contribution in [0.2, 0.25) is 0 Å². The molecule has 0 saturated heterocycles. The summed E-state index contributed by atoms with van der Waals surface area (Å²) in [6.07, 6.45) is 0.769. The van der Waals surface area contributed by atoms with Crippen LogP contribution in [-0.4, -0.2) is 48.1 Å². The summed E-state index contributed by atoms with van der Waals surface area (Å²) < 4.78 is 0. The largest absolute Gasteiger partial charge is 0.480 e. The number of carbonyl (C=O) groups excluding carboxylic acids is 1. The van der Waals surface area contributed by atoms with Gasteiger partial charge in [-0.2, -0.15) is 0 Å². The van der Waals surface area contributed by atoms with Crippen molar-refractivity contribution < 1.29 is 14.7 Å². The molecule has 1 rings (SSSR count). The summed E-state index contributed by atoms with van der Waals surface area (Å²) in [7, 11) is 1.62. The molecule has 1 amide bonds. The van der Waals surface area contributed by atoms with Crippen LogP contribution in [0.1, 0.15) is 12.5 Å². The van der Waals surface area contributed by atoms with Crippen molar-refractivity contribution in [2.45, 2.75) is 19.4 Å². The number of carbonyl (C=O) groups is 2. The smallest absolute Gasteiger partial charge is 0.320 e. The Balaban J connectivity index is 2.26. The van der Waals surface area contributed by atoms with Gasteiger partial charge in [0.05, 0.1) is 6.54 Å². The molecule has 1 aromatic rings. The monoisotopic (exact) mass is 264 g/mol. The maximum absolute atomic E-state index is 11.6. The van der Waals surface area contributed by atoms with Gasteiger partial charge in [0.1, 0.15) is 6.04 Å². The van der Waals surface area contributed by atoms with Gasteiger partial charge in [-0.3, -0.25) is 14.5 Å². The zero-order valence-corrected chi connectivity index (χ0v) is 11.3. The van der Waals surface area contributed by atoms with Crippen molar-refractivity contribution in [3.63, 3.8) is 0 Å². The van der Waals surface area contributed by atoms with E-state index in [-0.39, 0.29) is 12.5 Å². The van der Waals surface area contributed by atoms with E-state index in [4.69, 9.17) is 5.11 Å². The number of hydrogen-bond donors (Lipinski definition) is 2. The Morgan fingerprint density at radius 1 is 1.32 bits per heavy atom. The first-order chi connectivity index (χ1) is 9.00. The third-order valence-corrected chi connectivity index (χ3v) is 2.99. The molecule has 0 aliphatic rings. The Morgan fingerprint density at radius 2 is 1.95 bits per heavy atom. The van der Waals surface area contributed by atoms with Gasteiger partial charge >= 0.3 is 5.97 Å². The highest BCUT2D eigenvalue weighted by atomic mass is 16.4. The van der Waals surface area contributed by atoms with Crippen molar-refractivity contribution in [2.24, 2.45) is 0 Å². The zero-order valence-electron chi connectivity index (χ0n) is 11.3. The summed E-state index contributed by atoms with van der Waals surface area (Å²) in [6, 6.07) is 9.21. The number of likely N-dealkylation sites (N-methyl/N-ethyl adjacent to an activating group) is 1. The van der Waals surface area contributed by atoms with Crippen molar-refractivity contribution in [3.05, 3.63) is 35.9 Å². The molecule has 0 fully saturated rings. The van der Waals surface area contributed by atoms with Crippen LogP contribution < -0.4 is 5.32 Å². The van der Waals surface area contributed by atoms with Crippen molar-refractivity contribution in [3.8, 4) is 0 Å². The second kappa shape index (κ2) is 7.53. The van der Waals surface area contributed by atoms with Crippen molar-refractivity contribution in [1.29, 1.82) is 0 Å². The summed E-state index contributed by atoms with van der Waals surface area (Å²) in [5.41, 5.74) is 1.16. The summed E-state index contributed by atoms with van der Waals surface area (Å²) in [6.45, 7) is 2.19. The molecule has 0 radical (unpaired) electrons. The number of carboxylic acids is 1. The molecule has 0 saturated carbocycles. The number of nitrogens with one attached hydrogen (secondary N) is 1. The van der Waals surface area contributed by atoms with Gasteiger partial charge in [0.15, 0.2) is 0 Å². The third kappa shape index (κ3) is 5.52. The molecule has 2 N–H and O–H groups in total. The summed E-state index contributed by atoms with van der Waals surface area (Å²) in [5.74, 6) is -1.09. The number of aliphatic carboxylic acids is 1. The fraction of sp³-hybridized carbons (Fsp3) is 0.429. The molecular formula is C14H20N2O3. The second-order valence-corrected chi connectivity index (χ2v) is 4.51. The van der Waals surface area contributed by atoms with Crippen LogP contribution in [0.25, 0.3) is 0 Å². The lowest BCUT2D eigenvalue weighted by Crippen LogP contribution is -2.43. The predicted molar refractivity (Wildman–Crippen MR) is 72.9 cm³/mol. The van der Waals surface area contributed by atoms with Crippen LogP contribution in [0.4, 0.5) is 0 Å². The van der Waals surface area contributed by atoms with E-state index in [9.17, 15) is 9.59 Å². The van der Waals surface area contributed by atoms with E-state index in [1.807, 2.05) is 30.3 Å².